The minimum Gasteiger partial charge on any atom is -0.444 e. The molecule has 0 aliphatic carbocycles. The summed E-state index contributed by atoms with van der Waals surface area (Å²) in [4.78, 5) is 31.2. The van der Waals surface area contributed by atoms with Gasteiger partial charge in [-0.2, -0.15) is 0 Å². The first kappa shape index (κ1) is 32.9. The minimum absolute atomic E-state index is 0.0638. The number of benzene rings is 2. The molecule has 0 bridgehead atoms. The van der Waals surface area contributed by atoms with Gasteiger partial charge in [-0.25, -0.2) is 22.4 Å². The number of aliphatic hydroxyl groups is 1. The molecule has 3 aromatic rings. The third-order valence-corrected chi connectivity index (χ3v) is 7.15. The lowest BCUT2D eigenvalue weighted by molar-refractivity contribution is -0.116. The van der Waals surface area contributed by atoms with Crippen LogP contribution < -0.4 is 5.32 Å². The van der Waals surface area contributed by atoms with Crippen molar-refractivity contribution in [3.05, 3.63) is 94.8 Å². The number of hydrogen-bond acceptors (Lipinski definition) is 6. The molecule has 1 aliphatic heterocycles. The molecule has 236 valence electrons. The van der Waals surface area contributed by atoms with Gasteiger partial charge in [0.25, 0.3) is 0 Å². The molecule has 2 aromatic carbocycles. The number of ether oxygens (including phenoxy) is 2. The Hall–Kier alpha value is -4.03. The number of rotatable bonds is 9. The van der Waals surface area contributed by atoms with Crippen LogP contribution >= 0.6 is 0 Å². The van der Waals surface area contributed by atoms with E-state index in [4.69, 9.17) is 9.47 Å². The van der Waals surface area contributed by atoms with Crippen LogP contribution in [0, 0.1) is 23.3 Å². The predicted molar refractivity (Wildman–Crippen MR) is 154 cm³/mol. The molecule has 1 aliphatic rings. The Morgan fingerprint density at radius 3 is 2.36 bits per heavy atom. The highest BCUT2D eigenvalue weighted by Gasteiger charge is 2.35. The van der Waals surface area contributed by atoms with Gasteiger partial charge in [-0.1, -0.05) is 12.1 Å². The fourth-order valence-electron chi connectivity index (χ4n) is 5.04. The molecular weight excluding hydrogens is 582 g/mol. The van der Waals surface area contributed by atoms with Crippen molar-refractivity contribution in [3.8, 4) is 0 Å². The topological polar surface area (TPSA) is 101 Å². The Morgan fingerprint density at radius 2 is 1.73 bits per heavy atom. The predicted octanol–water partition coefficient (Wildman–Crippen LogP) is 5.73. The molecule has 2 heterocycles. The quantitative estimate of drug-likeness (QED) is 0.298. The van der Waals surface area contributed by atoms with Gasteiger partial charge >= 0.3 is 6.09 Å². The van der Waals surface area contributed by atoms with Gasteiger partial charge in [-0.15, -0.1) is 0 Å². The second kappa shape index (κ2) is 14.2. The van der Waals surface area contributed by atoms with Crippen molar-refractivity contribution in [1.29, 1.82) is 0 Å². The van der Waals surface area contributed by atoms with Gasteiger partial charge in [0.2, 0.25) is 5.91 Å². The van der Waals surface area contributed by atoms with Gasteiger partial charge in [0, 0.05) is 24.0 Å². The first-order valence-corrected chi connectivity index (χ1v) is 14.2. The van der Waals surface area contributed by atoms with E-state index in [1.54, 1.807) is 20.8 Å². The largest absolute Gasteiger partial charge is 0.444 e. The summed E-state index contributed by atoms with van der Waals surface area (Å²) >= 11 is 0. The van der Waals surface area contributed by atoms with E-state index in [9.17, 15) is 32.3 Å². The molecule has 12 heteroatoms. The van der Waals surface area contributed by atoms with Crippen LogP contribution in [0.3, 0.4) is 0 Å². The molecule has 0 radical (unpaired) electrons. The summed E-state index contributed by atoms with van der Waals surface area (Å²) in [6.45, 7) is 5.06. The zero-order valence-electron chi connectivity index (χ0n) is 24.7. The van der Waals surface area contributed by atoms with Crippen LogP contribution in [0.4, 0.5) is 28.0 Å². The Balaban J connectivity index is 1.48. The first-order valence-electron chi connectivity index (χ1n) is 14.2. The van der Waals surface area contributed by atoms with E-state index in [-0.39, 0.29) is 55.8 Å². The summed E-state index contributed by atoms with van der Waals surface area (Å²) in [5.74, 6) is -4.26. The molecule has 2 N–H and O–H groups in total. The van der Waals surface area contributed by atoms with Crippen molar-refractivity contribution >= 4 is 17.7 Å². The number of amides is 2. The highest BCUT2D eigenvalue weighted by Crippen LogP contribution is 2.31. The van der Waals surface area contributed by atoms with E-state index >= 15 is 0 Å². The van der Waals surface area contributed by atoms with Crippen molar-refractivity contribution < 1.29 is 41.7 Å². The number of hydrogen-bond donors (Lipinski definition) is 2. The molecule has 1 aromatic heterocycles. The number of carbonyl (C=O) groups excluding carboxylic acids is 2. The van der Waals surface area contributed by atoms with E-state index in [0.717, 1.165) is 18.3 Å². The fourth-order valence-corrected chi connectivity index (χ4v) is 5.04. The van der Waals surface area contributed by atoms with E-state index in [1.165, 1.54) is 35.4 Å². The molecule has 2 amide bonds. The molecule has 0 unspecified atom stereocenters. The summed E-state index contributed by atoms with van der Waals surface area (Å²) in [5, 5.41) is 12.4. The monoisotopic (exact) mass is 617 g/mol. The fraction of sp³-hybridized carbons (Fsp3) is 0.406. The molecule has 1 fully saturated rings. The van der Waals surface area contributed by atoms with Crippen LogP contribution in [-0.2, 0) is 20.7 Å². The molecular formula is C32H35F4N3O5. The number of nitrogens with one attached hydrogen (secondary N) is 1. The molecule has 8 nitrogen and oxygen atoms in total. The molecule has 44 heavy (non-hydrogen) atoms. The third kappa shape index (κ3) is 8.76. The van der Waals surface area contributed by atoms with Gasteiger partial charge in [0.05, 0.1) is 50.0 Å². The van der Waals surface area contributed by atoms with Crippen LogP contribution in [0.15, 0.2) is 54.9 Å². The van der Waals surface area contributed by atoms with E-state index < -0.39 is 58.9 Å². The minimum atomic E-state index is -0.834. The second-order valence-corrected chi connectivity index (χ2v) is 11.7. The number of halogens is 4. The summed E-state index contributed by atoms with van der Waals surface area (Å²) < 4.78 is 68.0. The van der Waals surface area contributed by atoms with Crippen molar-refractivity contribution in [2.75, 3.05) is 25.1 Å². The third-order valence-electron chi connectivity index (χ3n) is 7.15. The van der Waals surface area contributed by atoms with Crippen LogP contribution in [0.2, 0.25) is 0 Å². The van der Waals surface area contributed by atoms with Crippen LogP contribution in [0.25, 0.3) is 0 Å². The average molecular weight is 618 g/mol. The van der Waals surface area contributed by atoms with Crippen molar-refractivity contribution in [3.63, 3.8) is 0 Å². The number of anilines is 1. The number of nitrogens with zero attached hydrogens (tertiary/aromatic N) is 2. The first-order chi connectivity index (χ1) is 20.8. The number of aliphatic hydroxyl groups excluding tert-OH is 1. The van der Waals surface area contributed by atoms with Gasteiger partial charge in [0.15, 0.2) is 0 Å². The summed E-state index contributed by atoms with van der Waals surface area (Å²) in [7, 11) is 0. The standard InChI is InChI=1S/C32H35F4N3O5/c1-32(2,3)44-31(42)39-16-25(43-18-24(39)17-40)8-9-26-28(36)14-37-15-29(26)38-30(41)13-27(19-4-6-21(33)7-5-19)20-10-22(34)12-23(35)11-20/h4-7,10-12,14-15,24-25,27,40H,8-9,13,16-18H2,1-3H3,(H,38,41)/t24-,25-,27+/m1/s1. The van der Waals surface area contributed by atoms with E-state index in [0.29, 0.717) is 11.6 Å². The maximum absolute atomic E-state index is 15.0. The summed E-state index contributed by atoms with van der Waals surface area (Å²) in [5.41, 5.74) is 0.143. The van der Waals surface area contributed by atoms with Crippen LogP contribution in [0.1, 0.15) is 56.2 Å². The number of pyridine rings is 1. The Morgan fingerprint density at radius 1 is 1.05 bits per heavy atom. The zero-order valence-corrected chi connectivity index (χ0v) is 24.7. The maximum Gasteiger partial charge on any atom is 0.410 e. The van der Waals surface area contributed by atoms with Crippen molar-refractivity contribution in [2.24, 2.45) is 0 Å². The van der Waals surface area contributed by atoms with E-state index in [1.807, 2.05) is 0 Å². The second-order valence-electron chi connectivity index (χ2n) is 11.7. The lowest BCUT2D eigenvalue weighted by Crippen LogP contribution is -2.55. The highest BCUT2D eigenvalue weighted by molar-refractivity contribution is 5.92. The normalized spacial score (nSPS) is 17.7. The number of carbonyl (C=O) groups is 2. The SMILES string of the molecule is CC(C)(C)OC(=O)N1C[C@@H](CCc2c(F)cncc2NC(=O)C[C@@H](c2ccc(F)cc2)c2cc(F)cc(F)c2)OC[C@H]1CO. The number of morpholine rings is 1. The maximum atomic E-state index is 15.0. The Bertz CT molecular complexity index is 1440. The van der Waals surface area contributed by atoms with Crippen LogP contribution in [-0.4, -0.2) is 64.5 Å². The van der Waals surface area contributed by atoms with Crippen molar-refractivity contribution in [1.82, 2.24) is 9.88 Å². The average Bonchev–Trinajstić information content (AvgIpc) is 2.94. The van der Waals surface area contributed by atoms with Crippen molar-refractivity contribution in [2.45, 2.75) is 63.7 Å². The molecule has 0 saturated carbocycles. The molecule has 0 spiro atoms. The van der Waals surface area contributed by atoms with Gasteiger partial charge in [-0.3, -0.25) is 14.7 Å². The summed E-state index contributed by atoms with van der Waals surface area (Å²) in [6, 6.07) is 7.55. The Labute approximate surface area is 253 Å². The summed E-state index contributed by atoms with van der Waals surface area (Å²) in [6.07, 6.45) is 1.29. The van der Waals surface area contributed by atoms with E-state index in [2.05, 4.69) is 10.3 Å². The van der Waals surface area contributed by atoms with Gasteiger partial charge in [-0.05, 0) is 69.0 Å². The van der Waals surface area contributed by atoms with Gasteiger partial charge in [0.1, 0.15) is 28.9 Å². The molecule has 3 atom stereocenters. The molecule has 4 rings (SSSR count). The zero-order chi connectivity index (χ0) is 32.0. The lowest BCUT2D eigenvalue weighted by Gasteiger charge is -2.39. The van der Waals surface area contributed by atoms with Crippen LogP contribution in [0.5, 0.6) is 0 Å². The lowest BCUT2D eigenvalue weighted by atomic mass is 9.88. The van der Waals surface area contributed by atoms with Gasteiger partial charge < -0.3 is 19.9 Å². The Kier molecular flexibility index (Phi) is 10.6. The molecule has 1 saturated heterocycles. The number of aromatic nitrogens is 1. The highest BCUT2D eigenvalue weighted by atomic mass is 19.1. The smallest absolute Gasteiger partial charge is 0.410 e.